The Morgan fingerprint density at radius 3 is 2.32 bits per heavy atom. The number of thiophene rings is 1. The van der Waals surface area contributed by atoms with Crippen molar-refractivity contribution in [2.45, 2.75) is 20.8 Å². The number of nitrogens with one attached hydrogen (secondary N) is 2. The number of hydrogen-bond donors (Lipinski definition) is 2. The number of aryl methyl sites for hydroxylation is 1. The maximum atomic E-state index is 13.0. The molecule has 0 bridgehead atoms. The van der Waals surface area contributed by atoms with Crippen molar-refractivity contribution in [1.82, 2.24) is 5.32 Å². The van der Waals surface area contributed by atoms with E-state index in [1.165, 1.54) is 11.3 Å². The van der Waals surface area contributed by atoms with E-state index in [4.69, 9.17) is 9.47 Å². The van der Waals surface area contributed by atoms with E-state index in [9.17, 15) is 14.4 Å². The molecule has 0 radical (unpaired) electrons. The van der Waals surface area contributed by atoms with Gasteiger partial charge in [-0.3, -0.25) is 14.9 Å². The molecule has 3 aromatic rings. The third-order valence-corrected chi connectivity index (χ3v) is 5.56. The normalized spacial score (nSPS) is 10.3. The average Bonchev–Trinajstić information content (AvgIpc) is 3.02. The number of anilines is 1. The minimum Gasteiger partial charge on any atom is -0.457 e. The van der Waals surface area contributed by atoms with Crippen LogP contribution in [0.4, 0.5) is 9.80 Å². The molecular weight excluding hydrogens is 416 g/mol. The Morgan fingerprint density at radius 1 is 0.935 bits per heavy atom. The highest BCUT2D eigenvalue weighted by Gasteiger charge is 2.24. The van der Waals surface area contributed by atoms with Crippen LogP contribution in [0.5, 0.6) is 11.5 Å². The predicted molar refractivity (Wildman–Crippen MR) is 119 cm³/mol. The van der Waals surface area contributed by atoms with Gasteiger partial charge in [-0.05, 0) is 50.6 Å². The number of para-hydroxylation sites is 2. The molecule has 160 valence electrons. The van der Waals surface area contributed by atoms with Crippen LogP contribution in [0.15, 0.2) is 54.6 Å². The molecule has 0 unspecified atom stereocenters. The number of benzene rings is 2. The second-order valence-electron chi connectivity index (χ2n) is 6.53. The van der Waals surface area contributed by atoms with E-state index < -0.39 is 17.9 Å². The Hall–Kier alpha value is -3.65. The van der Waals surface area contributed by atoms with Crippen LogP contribution in [0.2, 0.25) is 0 Å². The zero-order valence-electron chi connectivity index (χ0n) is 17.4. The van der Waals surface area contributed by atoms with Gasteiger partial charge in [0.15, 0.2) is 0 Å². The molecule has 0 fully saturated rings. The minimum atomic E-state index is -0.838. The van der Waals surface area contributed by atoms with Crippen LogP contribution in [0.1, 0.15) is 38.1 Å². The van der Waals surface area contributed by atoms with E-state index in [0.29, 0.717) is 27.6 Å². The molecule has 0 saturated heterocycles. The molecule has 0 spiro atoms. The molecule has 7 nitrogen and oxygen atoms in total. The Labute approximate surface area is 184 Å². The van der Waals surface area contributed by atoms with Crippen molar-refractivity contribution >= 4 is 34.2 Å². The zero-order valence-corrected chi connectivity index (χ0v) is 18.2. The largest absolute Gasteiger partial charge is 0.457 e. The summed E-state index contributed by atoms with van der Waals surface area (Å²) >= 11 is 1.26. The highest BCUT2D eigenvalue weighted by molar-refractivity contribution is 7.16. The standard InChI is InChI=1S/C23H22N2O5S/c1-4-29-23(28)25-21(27)19-14(2)15(3)31-22(19)24-20(26)17-12-8-9-13-18(17)30-16-10-6-5-7-11-16/h5-13H,4H2,1-3H3,(H,24,26)(H,25,27,28). The molecule has 1 aromatic heterocycles. The Balaban J connectivity index is 1.85. The van der Waals surface area contributed by atoms with Crippen LogP contribution in [0.3, 0.4) is 0 Å². The number of alkyl carbamates (subject to hydrolysis) is 1. The van der Waals surface area contributed by atoms with Crippen molar-refractivity contribution in [1.29, 1.82) is 0 Å². The highest BCUT2D eigenvalue weighted by atomic mass is 32.1. The van der Waals surface area contributed by atoms with Crippen molar-refractivity contribution in [2.24, 2.45) is 0 Å². The minimum absolute atomic E-state index is 0.141. The maximum Gasteiger partial charge on any atom is 0.414 e. The summed E-state index contributed by atoms with van der Waals surface area (Å²) in [5.41, 5.74) is 1.22. The zero-order chi connectivity index (χ0) is 22.4. The molecule has 3 rings (SSSR count). The van der Waals surface area contributed by atoms with Gasteiger partial charge in [-0.15, -0.1) is 11.3 Å². The number of imide groups is 1. The van der Waals surface area contributed by atoms with E-state index in [-0.39, 0.29) is 12.2 Å². The topological polar surface area (TPSA) is 93.7 Å². The lowest BCUT2D eigenvalue weighted by molar-refractivity contribution is 0.0925. The molecule has 1 heterocycles. The van der Waals surface area contributed by atoms with Gasteiger partial charge in [0.1, 0.15) is 16.5 Å². The van der Waals surface area contributed by atoms with Gasteiger partial charge in [0.05, 0.1) is 17.7 Å². The van der Waals surface area contributed by atoms with E-state index >= 15 is 0 Å². The quantitative estimate of drug-likeness (QED) is 0.545. The molecule has 0 atom stereocenters. The lowest BCUT2D eigenvalue weighted by Crippen LogP contribution is -2.32. The number of carbonyl (C=O) groups excluding carboxylic acids is 3. The fourth-order valence-corrected chi connectivity index (χ4v) is 3.89. The Morgan fingerprint density at radius 2 is 1.61 bits per heavy atom. The van der Waals surface area contributed by atoms with E-state index in [1.807, 2.05) is 25.1 Å². The van der Waals surface area contributed by atoms with Crippen molar-refractivity contribution in [3.63, 3.8) is 0 Å². The first-order chi connectivity index (χ1) is 14.9. The summed E-state index contributed by atoms with van der Waals surface area (Å²) < 4.78 is 10.6. The van der Waals surface area contributed by atoms with Gasteiger partial charge in [0.25, 0.3) is 11.8 Å². The second-order valence-corrected chi connectivity index (χ2v) is 7.75. The van der Waals surface area contributed by atoms with Crippen LogP contribution >= 0.6 is 11.3 Å². The van der Waals surface area contributed by atoms with Gasteiger partial charge in [-0.1, -0.05) is 30.3 Å². The molecule has 0 aliphatic rings. The Bertz CT molecular complexity index is 1110. The molecule has 2 aromatic carbocycles. The Kier molecular flexibility index (Phi) is 7.04. The van der Waals surface area contributed by atoms with Crippen molar-refractivity contribution < 1.29 is 23.9 Å². The third-order valence-electron chi connectivity index (χ3n) is 4.43. The molecular formula is C23H22N2O5S. The molecule has 0 aliphatic heterocycles. The van der Waals surface area contributed by atoms with Crippen molar-refractivity contribution in [2.75, 3.05) is 11.9 Å². The molecule has 0 saturated carbocycles. The van der Waals surface area contributed by atoms with Crippen LogP contribution < -0.4 is 15.4 Å². The van der Waals surface area contributed by atoms with Crippen molar-refractivity contribution in [3.8, 4) is 11.5 Å². The van der Waals surface area contributed by atoms with E-state index in [1.54, 1.807) is 50.2 Å². The predicted octanol–water partition coefficient (Wildman–Crippen LogP) is 5.30. The number of ether oxygens (including phenoxy) is 2. The summed E-state index contributed by atoms with van der Waals surface area (Å²) in [4.78, 5) is 38.2. The third kappa shape index (κ3) is 5.29. The van der Waals surface area contributed by atoms with Crippen LogP contribution in [0.25, 0.3) is 0 Å². The van der Waals surface area contributed by atoms with Crippen LogP contribution in [-0.2, 0) is 4.74 Å². The summed E-state index contributed by atoms with van der Waals surface area (Å²) in [6.07, 6.45) is -0.838. The van der Waals surface area contributed by atoms with Gasteiger partial charge in [0.2, 0.25) is 0 Å². The monoisotopic (exact) mass is 438 g/mol. The number of carbonyl (C=O) groups is 3. The number of amides is 3. The fourth-order valence-electron chi connectivity index (χ4n) is 2.84. The highest BCUT2D eigenvalue weighted by Crippen LogP contribution is 2.34. The maximum absolute atomic E-state index is 13.0. The second kappa shape index (κ2) is 9.90. The van der Waals surface area contributed by atoms with E-state index in [2.05, 4.69) is 10.6 Å². The summed E-state index contributed by atoms with van der Waals surface area (Å²) in [6.45, 7) is 5.38. The first-order valence-electron chi connectivity index (χ1n) is 9.62. The van der Waals surface area contributed by atoms with Crippen LogP contribution in [0, 0.1) is 13.8 Å². The number of hydrogen-bond acceptors (Lipinski definition) is 6. The fraction of sp³-hybridized carbons (Fsp3) is 0.174. The van der Waals surface area contributed by atoms with Gasteiger partial charge in [-0.25, -0.2) is 4.79 Å². The van der Waals surface area contributed by atoms with E-state index in [0.717, 1.165) is 4.88 Å². The van der Waals surface area contributed by atoms with Crippen molar-refractivity contribution in [3.05, 3.63) is 76.2 Å². The molecule has 3 amide bonds. The first-order valence-corrected chi connectivity index (χ1v) is 10.4. The first kappa shape index (κ1) is 22.0. The molecule has 8 heteroatoms. The van der Waals surface area contributed by atoms with Gasteiger partial charge >= 0.3 is 6.09 Å². The molecule has 31 heavy (non-hydrogen) atoms. The van der Waals surface area contributed by atoms with Gasteiger partial charge in [0, 0.05) is 4.88 Å². The lowest BCUT2D eigenvalue weighted by Gasteiger charge is -2.12. The molecule has 2 N–H and O–H groups in total. The van der Waals surface area contributed by atoms with Gasteiger partial charge < -0.3 is 14.8 Å². The SMILES string of the molecule is CCOC(=O)NC(=O)c1c(NC(=O)c2ccccc2Oc2ccccc2)sc(C)c1C. The summed E-state index contributed by atoms with van der Waals surface area (Å²) in [6, 6.07) is 16.0. The van der Waals surface area contributed by atoms with Crippen LogP contribution in [-0.4, -0.2) is 24.5 Å². The average molecular weight is 439 g/mol. The summed E-state index contributed by atoms with van der Waals surface area (Å²) in [5.74, 6) is -0.0869. The summed E-state index contributed by atoms with van der Waals surface area (Å²) in [5, 5.41) is 5.31. The smallest absolute Gasteiger partial charge is 0.414 e. The lowest BCUT2D eigenvalue weighted by atomic mass is 10.1. The number of rotatable bonds is 6. The summed E-state index contributed by atoms with van der Waals surface area (Å²) in [7, 11) is 0. The van der Waals surface area contributed by atoms with Gasteiger partial charge in [-0.2, -0.15) is 0 Å². The molecule has 0 aliphatic carbocycles.